The van der Waals surface area contributed by atoms with Gasteiger partial charge in [0.05, 0.1) is 18.3 Å². The third kappa shape index (κ3) is 3.35. The molecule has 0 saturated heterocycles. The number of aliphatic hydroxyl groups excluding tert-OH is 1. The summed E-state index contributed by atoms with van der Waals surface area (Å²) in [5.41, 5.74) is 9.44. The Morgan fingerprint density at radius 2 is 1.94 bits per heavy atom. The summed E-state index contributed by atoms with van der Waals surface area (Å²) in [7, 11) is 1.74. The second-order valence-electron chi connectivity index (χ2n) is 8.73. The lowest BCUT2D eigenvalue weighted by Crippen LogP contribution is -2.21. The van der Waals surface area contributed by atoms with E-state index in [-0.39, 0.29) is 11.7 Å². The van der Waals surface area contributed by atoms with Crippen LogP contribution in [0.2, 0.25) is 0 Å². The highest BCUT2D eigenvalue weighted by Gasteiger charge is 2.23. The van der Waals surface area contributed by atoms with Crippen molar-refractivity contribution < 1.29 is 9.52 Å². The molecular weight excluding hydrogens is 438 g/mol. The van der Waals surface area contributed by atoms with Crippen molar-refractivity contribution in [3.63, 3.8) is 0 Å². The number of fused-ring (bicyclic) bond motifs is 2. The highest BCUT2D eigenvalue weighted by molar-refractivity contribution is 7.17. The summed E-state index contributed by atoms with van der Waals surface area (Å²) in [5.74, 6) is 1.02. The summed E-state index contributed by atoms with van der Waals surface area (Å²) in [4.78, 5) is 16.4. The molecule has 1 saturated carbocycles. The molecule has 5 aromatic rings. The molecular formula is C24H23N5O3S. The number of aromatic nitrogens is 4. The minimum absolute atomic E-state index is 0.0410. The number of aryl methyl sites for hydroxylation is 1. The molecule has 8 nitrogen and oxygen atoms in total. The maximum absolute atomic E-state index is 12.0. The van der Waals surface area contributed by atoms with Gasteiger partial charge in [0.15, 0.2) is 11.4 Å². The Morgan fingerprint density at radius 3 is 2.76 bits per heavy atom. The molecule has 0 unspecified atom stereocenters. The molecule has 9 heteroatoms. The SMILES string of the molecule is Cn1cc2c(-c3cc4c(-c5cnn([C@H]6CC[C@H](O)CC6)c5)cnc(N)c4o3)csc2cc1=O. The maximum Gasteiger partial charge on any atom is 0.251 e. The van der Waals surface area contributed by atoms with Crippen molar-refractivity contribution in [1.29, 1.82) is 0 Å². The van der Waals surface area contributed by atoms with Crippen molar-refractivity contribution in [2.45, 2.75) is 37.8 Å². The Kier molecular flexibility index (Phi) is 4.63. The number of pyridine rings is 2. The summed E-state index contributed by atoms with van der Waals surface area (Å²) >= 11 is 1.51. The van der Waals surface area contributed by atoms with Gasteiger partial charge in [0, 0.05) is 69.2 Å². The van der Waals surface area contributed by atoms with Crippen molar-refractivity contribution in [1.82, 2.24) is 19.3 Å². The van der Waals surface area contributed by atoms with E-state index in [1.807, 2.05) is 34.7 Å². The van der Waals surface area contributed by atoms with Crippen molar-refractivity contribution >= 4 is 38.2 Å². The van der Waals surface area contributed by atoms with Crippen LogP contribution in [0.25, 0.3) is 43.5 Å². The van der Waals surface area contributed by atoms with E-state index in [0.717, 1.165) is 57.8 Å². The fraction of sp³-hybridized carbons (Fsp3) is 0.292. The van der Waals surface area contributed by atoms with Crippen LogP contribution in [0.15, 0.2) is 51.5 Å². The zero-order valence-electron chi connectivity index (χ0n) is 18.1. The number of aliphatic hydroxyl groups is 1. The molecule has 1 aliphatic rings. The predicted octanol–water partition coefficient (Wildman–Crippen LogP) is 4.33. The maximum atomic E-state index is 12.0. The van der Waals surface area contributed by atoms with Gasteiger partial charge in [0.25, 0.3) is 5.56 Å². The van der Waals surface area contributed by atoms with Crippen LogP contribution in [0.3, 0.4) is 0 Å². The van der Waals surface area contributed by atoms with Gasteiger partial charge < -0.3 is 19.8 Å². The molecule has 0 aliphatic heterocycles. The van der Waals surface area contributed by atoms with Crippen LogP contribution in [0.4, 0.5) is 5.82 Å². The summed E-state index contributed by atoms with van der Waals surface area (Å²) in [6, 6.07) is 3.93. The largest absolute Gasteiger partial charge is 0.452 e. The van der Waals surface area contributed by atoms with Gasteiger partial charge in [-0.2, -0.15) is 5.10 Å². The fourth-order valence-electron chi connectivity index (χ4n) is 4.70. The number of rotatable bonds is 3. The first-order valence-electron chi connectivity index (χ1n) is 11.0. The first-order valence-corrected chi connectivity index (χ1v) is 11.8. The quantitative estimate of drug-likeness (QED) is 0.414. The molecule has 1 fully saturated rings. The molecule has 5 aromatic heterocycles. The van der Waals surface area contributed by atoms with Gasteiger partial charge in [-0.3, -0.25) is 9.48 Å². The van der Waals surface area contributed by atoms with Crippen LogP contribution in [-0.2, 0) is 7.05 Å². The van der Waals surface area contributed by atoms with Gasteiger partial charge in [-0.15, -0.1) is 11.3 Å². The summed E-state index contributed by atoms with van der Waals surface area (Å²) in [5, 5.41) is 18.2. The number of anilines is 1. The summed E-state index contributed by atoms with van der Waals surface area (Å²) in [6.45, 7) is 0. The topological polar surface area (TPSA) is 112 Å². The monoisotopic (exact) mass is 461 g/mol. The van der Waals surface area contributed by atoms with Crippen LogP contribution in [0, 0.1) is 0 Å². The molecule has 0 spiro atoms. The first-order chi connectivity index (χ1) is 16.0. The lowest BCUT2D eigenvalue weighted by atomic mass is 9.93. The lowest BCUT2D eigenvalue weighted by molar-refractivity contribution is 0.108. The zero-order chi connectivity index (χ0) is 22.7. The van der Waals surface area contributed by atoms with Crippen molar-refractivity contribution in [3.8, 4) is 22.5 Å². The smallest absolute Gasteiger partial charge is 0.251 e. The zero-order valence-corrected chi connectivity index (χ0v) is 18.9. The van der Waals surface area contributed by atoms with Crippen LogP contribution < -0.4 is 11.3 Å². The average molecular weight is 462 g/mol. The summed E-state index contributed by atoms with van der Waals surface area (Å²) < 4.78 is 10.7. The van der Waals surface area contributed by atoms with Gasteiger partial charge in [-0.05, 0) is 31.7 Å². The Labute approximate surface area is 192 Å². The number of furan rings is 1. The Morgan fingerprint density at radius 1 is 1.12 bits per heavy atom. The summed E-state index contributed by atoms with van der Waals surface area (Å²) in [6.07, 6.45) is 10.7. The highest BCUT2D eigenvalue weighted by Crippen LogP contribution is 2.40. The van der Waals surface area contributed by atoms with E-state index in [0.29, 0.717) is 23.2 Å². The van der Waals surface area contributed by atoms with Crippen molar-refractivity contribution in [3.05, 3.63) is 52.7 Å². The van der Waals surface area contributed by atoms with E-state index in [9.17, 15) is 9.90 Å². The van der Waals surface area contributed by atoms with Crippen LogP contribution in [-0.4, -0.2) is 30.5 Å². The van der Waals surface area contributed by atoms with Crippen LogP contribution in [0.5, 0.6) is 0 Å². The van der Waals surface area contributed by atoms with E-state index < -0.39 is 0 Å². The minimum atomic E-state index is -0.197. The Hall–Kier alpha value is -3.43. The third-order valence-electron chi connectivity index (χ3n) is 6.59. The second-order valence-corrected chi connectivity index (χ2v) is 9.64. The van der Waals surface area contributed by atoms with Gasteiger partial charge in [0.1, 0.15) is 5.76 Å². The molecule has 6 rings (SSSR count). The van der Waals surface area contributed by atoms with Crippen molar-refractivity contribution in [2.24, 2.45) is 7.05 Å². The van der Waals surface area contributed by atoms with Gasteiger partial charge in [0.2, 0.25) is 0 Å². The Balaban J connectivity index is 1.44. The third-order valence-corrected chi connectivity index (χ3v) is 7.54. The Bertz CT molecular complexity index is 1550. The van der Waals surface area contributed by atoms with E-state index in [1.165, 1.54) is 11.3 Å². The molecule has 0 aromatic carbocycles. The number of nitrogen functional groups attached to an aromatic ring is 1. The molecule has 5 heterocycles. The predicted molar refractivity (Wildman–Crippen MR) is 129 cm³/mol. The molecule has 33 heavy (non-hydrogen) atoms. The molecule has 0 bridgehead atoms. The van der Waals surface area contributed by atoms with Crippen molar-refractivity contribution in [2.75, 3.05) is 5.73 Å². The molecule has 0 atom stereocenters. The van der Waals surface area contributed by atoms with Gasteiger partial charge in [-0.25, -0.2) is 4.98 Å². The molecule has 168 valence electrons. The van der Waals surface area contributed by atoms with E-state index >= 15 is 0 Å². The number of nitrogens with two attached hydrogens (primary N) is 1. The van der Waals surface area contributed by atoms with E-state index in [4.69, 9.17) is 10.2 Å². The van der Waals surface area contributed by atoms with Gasteiger partial charge in [-0.1, -0.05) is 0 Å². The van der Waals surface area contributed by atoms with E-state index in [1.54, 1.807) is 23.9 Å². The average Bonchev–Trinajstić information content (AvgIpc) is 3.54. The van der Waals surface area contributed by atoms with Crippen LogP contribution in [0.1, 0.15) is 31.7 Å². The second kappa shape index (κ2) is 7.57. The standard InChI is InChI=1S/C24H23N5O3S/c1-28-11-18-19(12-33-21(18)7-22(28)31)20-6-16-17(9-26-24(25)23(16)32-20)13-8-27-29(10-13)14-2-4-15(30)5-3-14/h6-12,14-15,30H,2-5H2,1H3,(H2,25,26)/t14-,15-. The fourth-order valence-corrected chi connectivity index (χ4v) is 5.64. The minimum Gasteiger partial charge on any atom is -0.452 e. The number of thiophene rings is 1. The van der Waals surface area contributed by atoms with Gasteiger partial charge >= 0.3 is 0 Å². The molecule has 1 aliphatic carbocycles. The van der Waals surface area contributed by atoms with E-state index in [2.05, 4.69) is 10.1 Å². The first kappa shape index (κ1) is 20.2. The number of hydrogen-bond donors (Lipinski definition) is 2. The lowest BCUT2D eigenvalue weighted by Gasteiger charge is -2.25. The molecule has 0 amide bonds. The molecule has 3 N–H and O–H groups in total. The normalized spacial score (nSPS) is 19.0. The highest BCUT2D eigenvalue weighted by atomic mass is 32.1. The van der Waals surface area contributed by atoms with Crippen LogP contribution >= 0.6 is 11.3 Å². The number of hydrogen-bond acceptors (Lipinski definition) is 7. The molecule has 0 radical (unpaired) electrons. The number of nitrogens with zero attached hydrogens (tertiary/aromatic N) is 4.